The molecule has 0 heterocycles. The van der Waals surface area contributed by atoms with E-state index in [2.05, 4.69) is 18.2 Å². The molecule has 19 heavy (non-hydrogen) atoms. The Morgan fingerprint density at radius 2 is 2.00 bits per heavy atom. The fourth-order valence-electron chi connectivity index (χ4n) is 2.52. The summed E-state index contributed by atoms with van der Waals surface area (Å²) in [7, 11) is 1.88. The number of fused-ring (bicyclic) bond motifs is 1. The molecule has 1 N–H and O–H groups in total. The van der Waals surface area contributed by atoms with Crippen LogP contribution < -0.4 is 0 Å². The Balaban J connectivity index is 1.97. The van der Waals surface area contributed by atoms with Crippen LogP contribution in [0, 0.1) is 0 Å². The van der Waals surface area contributed by atoms with E-state index in [0.717, 1.165) is 13.0 Å². The molecule has 0 aliphatic heterocycles. The lowest BCUT2D eigenvalue weighted by Crippen LogP contribution is -2.48. The maximum Gasteiger partial charge on any atom is 0.323 e. The summed E-state index contributed by atoms with van der Waals surface area (Å²) in [5.41, 5.74) is 3.48. The van der Waals surface area contributed by atoms with Crippen molar-refractivity contribution in [2.24, 2.45) is 0 Å². The first-order valence-corrected chi connectivity index (χ1v) is 6.96. The van der Waals surface area contributed by atoms with Gasteiger partial charge in [-0.05, 0) is 63.3 Å². The molecule has 0 bridgehead atoms. The summed E-state index contributed by atoms with van der Waals surface area (Å²) in [5, 5.41) is 9.19. The van der Waals surface area contributed by atoms with Crippen LogP contribution in [0.2, 0.25) is 0 Å². The smallest absolute Gasteiger partial charge is 0.323 e. The number of carboxylic acid groups (broad SMARTS) is 1. The molecule has 0 saturated heterocycles. The first-order valence-electron chi connectivity index (χ1n) is 6.96. The molecule has 1 aliphatic rings. The SMILES string of the molecule is CN(CCc1ccc2c(c1)CCC2)C(C)(C)C(=O)O. The van der Waals surface area contributed by atoms with Gasteiger partial charge in [-0.25, -0.2) is 0 Å². The number of aliphatic carboxylic acids is 1. The first kappa shape index (κ1) is 14.1. The van der Waals surface area contributed by atoms with E-state index in [1.54, 1.807) is 13.8 Å². The maximum atomic E-state index is 11.2. The highest BCUT2D eigenvalue weighted by Gasteiger charge is 2.31. The van der Waals surface area contributed by atoms with Crippen molar-refractivity contribution < 1.29 is 9.90 Å². The quantitative estimate of drug-likeness (QED) is 0.885. The van der Waals surface area contributed by atoms with Crippen LogP contribution in [0.5, 0.6) is 0 Å². The summed E-state index contributed by atoms with van der Waals surface area (Å²) in [6.45, 7) is 4.26. The van der Waals surface area contributed by atoms with E-state index >= 15 is 0 Å². The van der Waals surface area contributed by atoms with E-state index in [1.165, 1.54) is 36.0 Å². The van der Waals surface area contributed by atoms with Crippen molar-refractivity contribution in [2.45, 2.75) is 45.1 Å². The van der Waals surface area contributed by atoms with Crippen molar-refractivity contribution >= 4 is 5.97 Å². The average molecular weight is 261 g/mol. The van der Waals surface area contributed by atoms with Crippen LogP contribution >= 0.6 is 0 Å². The number of nitrogens with zero attached hydrogens (tertiary/aromatic N) is 1. The summed E-state index contributed by atoms with van der Waals surface area (Å²) < 4.78 is 0. The van der Waals surface area contributed by atoms with Gasteiger partial charge in [-0.15, -0.1) is 0 Å². The monoisotopic (exact) mass is 261 g/mol. The third-order valence-corrected chi connectivity index (χ3v) is 4.38. The lowest BCUT2D eigenvalue weighted by molar-refractivity contribution is -0.148. The zero-order valence-corrected chi connectivity index (χ0v) is 12.1. The number of carboxylic acids is 1. The van der Waals surface area contributed by atoms with Crippen LogP contribution in [-0.4, -0.2) is 35.1 Å². The van der Waals surface area contributed by atoms with E-state index in [1.807, 2.05) is 11.9 Å². The van der Waals surface area contributed by atoms with E-state index in [9.17, 15) is 9.90 Å². The number of hydrogen-bond donors (Lipinski definition) is 1. The molecule has 0 radical (unpaired) electrons. The van der Waals surface area contributed by atoms with Crippen molar-refractivity contribution in [1.82, 2.24) is 4.90 Å². The molecular weight excluding hydrogens is 238 g/mol. The van der Waals surface area contributed by atoms with Crippen LogP contribution in [0.25, 0.3) is 0 Å². The molecule has 0 aromatic heterocycles. The molecule has 2 rings (SSSR count). The number of hydrogen-bond acceptors (Lipinski definition) is 2. The second-order valence-electron chi connectivity index (χ2n) is 5.99. The molecule has 0 amide bonds. The predicted molar refractivity (Wildman–Crippen MR) is 76.5 cm³/mol. The standard InChI is InChI=1S/C16H23NO2/c1-16(2,15(18)19)17(3)10-9-12-7-8-13-5-4-6-14(13)11-12/h7-8,11H,4-6,9-10H2,1-3H3,(H,18,19). The maximum absolute atomic E-state index is 11.2. The van der Waals surface area contributed by atoms with Gasteiger partial charge in [0, 0.05) is 6.54 Å². The second-order valence-corrected chi connectivity index (χ2v) is 5.99. The summed E-state index contributed by atoms with van der Waals surface area (Å²) >= 11 is 0. The molecule has 1 aliphatic carbocycles. The summed E-state index contributed by atoms with van der Waals surface area (Å²) in [5.74, 6) is -0.774. The highest BCUT2D eigenvalue weighted by atomic mass is 16.4. The molecule has 3 heteroatoms. The van der Waals surface area contributed by atoms with Gasteiger partial charge >= 0.3 is 5.97 Å². The van der Waals surface area contributed by atoms with E-state index in [-0.39, 0.29) is 0 Å². The number of benzene rings is 1. The number of aryl methyl sites for hydroxylation is 2. The normalized spacial score (nSPS) is 14.7. The molecular formula is C16H23NO2. The molecule has 0 spiro atoms. The topological polar surface area (TPSA) is 40.5 Å². The van der Waals surface area contributed by atoms with E-state index < -0.39 is 11.5 Å². The Kier molecular flexibility index (Phi) is 3.95. The average Bonchev–Trinajstić information content (AvgIpc) is 2.82. The van der Waals surface area contributed by atoms with Crippen molar-refractivity contribution in [3.63, 3.8) is 0 Å². The van der Waals surface area contributed by atoms with Crippen LogP contribution in [-0.2, 0) is 24.1 Å². The van der Waals surface area contributed by atoms with Gasteiger partial charge in [0.25, 0.3) is 0 Å². The van der Waals surface area contributed by atoms with Crippen molar-refractivity contribution in [2.75, 3.05) is 13.6 Å². The molecule has 0 saturated carbocycles. The summed E-state index contributed by atoms with van der Waals surface area (Å²) in [4.78, 5) is 13.1. The van der Waals surface area contributed by atoms with Gasteiger partial charge < -0.3 is 5.11 Å². The van der Waals surface area contributed by atoms with Crippen LogP contribution in [0.3, 0.4) is 0 Å². The minimum absolute atomic E-state index is 0.762. The largest absolute Gasteiger partial charge is 0.480 e. The second kappa shape index (κ2) is 5.33. The highest BCUT2D eigenvalue weighted by molar-refractivity contribution is 5.77. The summed E-state index contributed by atoms with van der Waals surface area (Å²) in [6.07, 6.45) is 4.58. The molecule has 1 aromatic rings. The van der Waals surface area contributed by atoms with Crippen molar-refractivity contribution in [1.29, 1.82) is 0 Å². The van der Waals surface area contributed by atoms with Gasteiger partial charge in [0.15, 0.2) is 0 Å². The van der Waals surface area contributed by atoms with Gasteiger partial charge in [0.2, 0.25) is 0 Å². The third-order valence-electron chi connectivity index (χ3n) is 4.38. The number of carbonyl (C=O) groups is 1. The predicted octanol–water partition coefficient (Wildman–Crippen LogP) is 2.51. The molecule has 1 aromatic carbocycles. The fourth-order valence-corrected chi connectivity index (χ4v) is 2.52. The fraction of sp³-hybridized carbons (Fsp3) is 0.562. The number of likely N-dealkylation sites (N-methyl/N-ethyl adjacent to an activating group) is 1. The lowest BCUT2D eigenvalue weighted by atomic mass is 10.0. The van der Waals surface area contributed by atoms with Crippen LogP contribution in [0.15, 0.2) is 18.2 Å². The lowest BCUT2D eigenvalue weighted by Gasteiger charge is -2.31. The minimum Gasteiger partial charge on any atom is -0.480 e. The Morgan fingerprint density at radius 3 is 2.68 bits per heavy atom. The third kappa shape index (κ3) is 2.98. The van der Waals surface area contributed by atoms with Gasteiger partial charge in [-0.3, -0.25) is 9.69 Å². The Hall–Kier alpha value is -1.35. The van der Waals surface area contributed by atoms with Gasteiger partial charge in [-0.2, -0.15) is 0 Å². The zero-order chi connectivity index (χ0) is 14.0. The molecule has 0 unspecified atom stereocenters. The van der Waals surface area contributed by atoms with E-state index in [4.69, 9.17) is 0 Å². The molecule has 104 valence electrons. The van der Waals surface area contributed by atoms with Crippen LogP contribution in [0.4, 0.5) is 0 Å². The number of rotatable bonds is 5. The Labute approximate surface area is 115 Å². The highest BCUT2D eigenvalue weighted by Crippen LogP contribution is 2.23. The van der Waals surface area contributed by atoms with Crippen LogP contribution in [0.1, 0.15) is 37.0 Å². The molecule has 0 fully saturated rings. The molecule has 0 atom stereocenters. The van der Waals surface area contributed by atoms with Crippen molar-refractivity contribution in [3.05, 3.63) is 34.9 Å². The first-order chi connectivity index (χ1) is 8.91. The molecule has 3 nitrogen and oxygen atoms in total. The summed E-state index contributed by atoms with van der Waals surface area (Å²) in [6, 6.07) is 6.72. The van der Waals surface area contributed by atoms with Crippen molar-refractivity contribution in [3.8, 4) is 0 Å². The van der Waals surface area contributed by atoms with Gasteiger partial charge in [0.1, 0.15) is 5.54 Å². The Morgan fingerprint density at radius 1 is 1.32 bits per heavy atom. The van der Waals surface area contributed by atoms with Gasteiger partial charge in [0.05, 0.1) is 0 Å². The van der Waals surface area contributed by atoms with Gasteiger partial charge in [-0.1, -0.05) is 18.2 Å². The van der Waals surface area contributed by atoms with E-state index in [0.29, 0.717) is 0 Å². The zero-order valence-electron chi connectivity index (χ0n) is 12.1. The minimum atomic E-state index is -0.809. The Bertz CT molecular complexity index is 480.